The number of thiocarbonyl (C=S) groups is 1. The van der Waals surface area contributed by atoms with Gasteiger partial charge < -0.3 is 10.3 Å². The number of hydrogen-bond acceptors (Lipinski definition) is 3. The molecule has 0 radical (unpaired) electrons. The van der Waals surface area contributed by atoms with Gasteiger partial charge in [-0.05, 0) is 60.7 Å². The molecule has 1 aromatic heterocycles. The Balaban J connectivity index is 1.54. The topological polar surface area (TPSA) is 69.8 Å². The third-order valence-electron chi connectivity index (χ3n) is 4.28. The SMILES string of the molecule is O=C(NC(=S)Nc1cc(-c2nc3ccccc3[nH]2)ccc1Cl)c1cc(Br)ccc1Cl. The molecule has 30 heavy (non-hydrogen) atoms. The highest BCUT2D eigenvalue weighted by Gasteiger charge is 2.14. The van der Waals surface area contributed by atoms with Crippen LogP contribution in [0, 0.1) is 0 Å². The molecule has 3 N–H and O–H groups in total. The number of anilines is 1. The molecule has 1 heterocycles. The van der Waals surface area contributed by atoms with E-state index in [0.717, 1.165) is 21.1 Å². The molecule has 0 fully saturated rings. The van der Waals surface area contributed by atoms with Crippen LogP contribution in [0.25, 0.3) is 22.4 Å². The van der Waals surface area contributed by atoms with Gasteiger partial charge in [0.15, 0.2) is 5.11 Å². The fourth-order valence-electron chi connectivity index (χ4n) is 2.85. The molecule has 1 amide bonds. The highest BCUT2D eigenvalue weighted by atomic mass is 79.9. The molecule has 3 aromatic carbocycles. The average Bonchev–Trinajstić information content (AvgIpc) is 3.15. The number of para-hydroxylation sites is 2. The first kappa shape index (κ1) is 20.8. The first-order valence-corrected chi connectivity index (χ1v) is 10.7. The Morgan fingerprint density at radius 2 is 1.80 bits per heavy atom. The van der Waals surface area contributed by atoms with E-state index in [1.54, 1.807) is 24.3 Å². The zero-order valence-electron chi connectivity index (χ0n) is 15.2. The van der Waals surface area contributed by atoms with E-state index in [1.807, 2.05) is 36.4 Å². The van der Waals surface area contributed by atoms with E-state index in [4.69, 9.17) is 35.4 Å². The molecule has 0 aliphatic carbocycles. The standard InChI is InChI=1S/C21H13BrCl2N4OS/c22-12-6-8-14(23)13(10-12)20(29)28-21(30)27-18-9-11(5-7-15(18)24)19-25-16-3-1-2-4-17(16)26-19/h1-10H,(H,25,26)(H2,27,28,29,30). The summed E-state index contributed by atoms with van der Waals surface area (Å²) in [7, 11) is 0. The number of aromatic nitrogens is 2. The van der Waals surface area contributed by atoms with E-state index in [2.05, 4.69) is 36.5 Å². The average molecular weight is 520 g/mol. The van der Waals surface area contributed by atoms with Crippen molar-refractivity contribution in [2.45, 2.75) is 0 Å². The van der Waals surface area contributed by atoms with Crippen LogP contribution in [0.4, 0.5) is 5.69 Å². The van der Waals surface area contributed by atoms with Gasteiger partial charge in [0.25, 0.3) is 5.91 Å². The number of aromatic amines is 1. The smallest absolute Gasteiger partial charge is 0.258 e. The molecule has 0 spiro atoms. The first-order valence-electron chi connectivity index (χ1n) is 8.73. The van der Waals surface area contributed by atoms with Gasteiger partial charge in [-0.3, -0.25) is 10.1 Å². The van der Waals surface area contributed by atoms with Crippen molar-refractivity contribution in [1.29, 1.82) is 0 Å². The maximum atomic E-state index is 12.5. The minimum atomic E-state index is -0.427. The summed E-state index contributed by atoms with van der Waals surface area (Å²) in [5.74, 6) is 0.273. The van der Waals surface area contributed by atoms with Crippen LogP contribution < -0.4 is 10.6 Å². The Morgan fingerprint density at radius 3 is 2.60 bits per heavy atom. The summed E-state index contributed by atoms with van der Waals surface area (Å²) >= 11 is 21.0. The summed E-state index contributed by atoms with van der Waals surface area (Å²) < 4.78 is 0.734. The van der Waals surface area contributed by atoms with Gasteiger partial charge in [0.1, 0.15) is 5.82 Å². The van der Waals surface area contributed by atoms with Gasteiger partial charge in [-0.15, -0.1) is 0 Å². The van der Waals surface area contributed by atoms with Crippen molar-refractivity contribution in [3.05, 3.63) is 80.7 Å². The van der Waals surface area contributed by atoms with E-state index in [0.29, 0.717) is 27.1 Å². The molecule has 9 heteroatoms. The van der Waals surface area contributed by atoms with Gasteiger partial charge in [-0.25, -0.2) is 4.98 Å². The zero-order chi connectivity index (χ0) is 21.3. The number of carbonyl (C=O) groups excluding carboxylic acids is 1. The van der Waals surface area contributed by atoms with Crippen LogP contribution in [-0.2, 0) is 0 Å². The number of halogens is 3. The minimum Gasteiger partial charge on any atom is -0.338 e. The van der Waals surface area contributed by atoms with Crippen molar-refractivity contribution < 1.29 is 4.79 Å². The van der Waals surface area contributed by atoms with E-state index >= 15 is 0 Å². The van der Waals surface area contributed by atoms with Crippen molar-refractivity contribution in [2.75, 3.05) is 5.32 Å². The molecule has 0 saturated heterocycles. The molecule has 0 saturated carbocycles. The Morgan fingerprint density at radius 1 is 1.03 bits per heavy atom. The second-order valence-corrected chi connectivity index (χ2v) is 8.47. The van der Waals surface area contributed by atoms with Gasteiger partial charge in [0, 0.05) is 10.0 Å². The molecular formula is C21H13BrCl2N4OS. The zero-order valence-corrected chi connectivity index (χ0v) is 19.1. The van der Waals surface area contributed by atoms with Crippen molar-refractivity contribution in [3.8, 4) is 11.4 Å². The predicted molar refractivity (Wildman–Crippen MR) is 129 cm³/mol. The van der Waals surface area contributed by atoms with Crippen molar-refractivity contribution in [2.24, 2.45) is 0 Å². The van der Waals surface area contributed by atoms with Crippen LogP contribution >= 0.6 is 51.3 Å². The molecule has 0 aliphatic rings. The monoisotopic (exact) mass is 518 g/mol. The van der Waals surface area contributed by atoms with Crippen LogP contribution in [-0.4, -0.2) is 21.0 Å². The fraction of sp³-hybridized carbons (Fsp3) is 0. The van der Waals surface area contributed by atoms with Crippen molar-refractivity contribution >= 4 is 79.1 Å². The minimum absolute atomic E-state index is 0.0969. The van der Waals surface area contributed by atoms with Gasteiger partial charge in [-0.1, -0.05) is 51.3 Å². The molecule has 4 aromatic rings. The number of nitrogens with zero attached hydrogens (tertiary/aromatic N) is 1. The highest BCUT2D eigenvalue weighted by molar-refractivity contribution is 9.10. The van der Waals surface area contributed by atoms with Gasteiger partial charge in [-0.2, -0.15) is 0 Å². The second kappa shape index (κ2) is 8.73. The number of rotatable bonds is 3. The Bertz CT molecular complexity index is 1260. The third-order valence-corrected chi connectivity index (χ3v) is 5.63. The van der Waals surface area contributed by atoms with Gasteiger partial charge in [0.2, 0.25) is 0 Å². The van der Waals surface area contributed by atoms with Crippen LogP contribution in [0.5, 0.6) is 0 Å². The highest BCUT2D eigenvalue weighted by Crippen LogP contribution is 2.29. The van der Waals surface area contributed by atoms with Crippen LogP contribution in [0.3, 0.4) is 0 Å². The molecule has 5 nitrogen and oxygen atoms in total. The van der Waals surface area contributed by atoms with Crippen molar-refractivity contribution in [3.63, 3.8) is 0 Å². The molecule has 0 unspecified atom stereocenters. The summed E-state index contributed by atoms with van der Waals surface area (Å²) in [6.45, 7) is 0. The van der Waals surface area contributed by atoms with Crippen LogP contribution in [0.15, 0.2) is 65.1 Å². The number of fused-ring (bicyclic) bond motifs is 1. The van der Waals surface area contributed by atoms with E-state index in [-0.39, 0.29) is 5.11 Å². The number of amides is 1. The summed E-state index contributed by atoms with van der Waals surface area (Å²) in [6, 6.07) is 18.2. The van der Waals surface area contributed by atoms with E-state index in [9.17, 15) is 4.79 Å². The molecule has 4 rings (SSSR count). The van der Waals surface area contributed by atoms with Gasteiger partial charge in [0.05, 0.1) is 32.3 Å². The molecule has 0 atom stereocenters. The Kier molecular flexibility index (Phi) is 6.06. The van der Waals surface area contributed by atoms with Crippen molar-refractivity contribution in [1.82, 2.24) is 15.3 Å². The number of carbonyl (C=O) groups is 1. The summed E-state index contributed by atoms with van der Waals surface area (Å²) in [4.78, 5) is 20.4. The first-order chi connectivity index (χ1) is 14.4. The fourth-order valence-corrected chi connectivity index (χ4v) is 3.79. The number of hydrogen-bond donors (Lipinski definition) is 3. The lowest BCUT2D eigenvalue weighted by atomic mass is 10.2. The quantitative estimate of drug-likeness (QED) is 0.273. The van der Waals surface area contributed by atoms with Crippen LogP contribution in [0.1, 0.15) is 10.4 Å². The lowest BCUT2D eigenvalue weighted by Gasteiger charge is -2.12. The predicted octanol–water partition coefficient (Wildman–Crippen LogP) is 6.43. The maximum absolute atomic E-state index is 12.5. The maximum Gasteiger partial charge on any atom is 0.258 e. The molecule has 0 aliphatic heterocycles. The lowest BCUT2D eigenvalue weighted by Crippen LogP contribution is -2.34. The molecule has 0 bridgehead atoms. The summed E-state index contributed by atoms with van der Waals surface area (Å²) in [5.41, 5.74) is 3.47. The van der Waals surface area contributed by atoms with Gasteiger partial charge >= 0.3 is 0 Å². The Labute approximate surface area is 195 Å². The number of H-pyrrole nitrogens is 1. The largest absolute Gasteiger partial charge is 0.338 e. The second-order valence-electron chi connectivity index (χ2n) is 6.33. The number of nitrogens with one attached hydrogen (secondary N) is 3. The number of imidazole rings is 1. The van der Waals surface area contributed by atoms with Crippen LogP contribution in [0.2, 0.25) is 10.0 Å². The third kappa shape index (κ3) is 4.49. The Hall–Kier alpha value is -2.45. The molecule has 150 valence electrons. The summed E-state index contributed by atoms with van der Waals surface area (Å²) in [6.07, 6.45) is 0. The van der Waals surface area contributed by atoms with E-state index < -0.39 is 5.91 Å². The van der Waals surface area contributed by atoms with E-state index in [1.165, 1.54) is 0 Å². The molecular weight excluding hydrogens is 507 g/mol. The lowest BCUT2D eigenvalue weighted by molar-refractivity contribution is 0.0978. The number of benzene rings is 3. The normalized spacial score (nSPS) is 10.8. The summed E-state index contributed by atoms with van der Waals surface area (Å²) in [5, 5.41) is 6.45.